The Labute approximate surface area is 108 Å². The molecule has 2 aromatic rings. The van der Waals surface area contributed by atoms with E-state index in [0.717, 1.165) is 18.1 Å². The fourth-order valence-electron chi connectivity index (χ4n) is 1.10. The maximum atomic E-state index is 9.97. The van der Waals surface area contributed by atoms with Crippen LogP contribution in [-0.2, 0) is 16.0 Å². The molecule has 0 fully saturated rings. The van der Waals surface area contributed by atoms with Gasteiger partial charge < -0.3 is 9.59 Å². The van der Waals surface area contributed by atoms with Gasteiger partial charge in [0, 0.05) is 6.42 Å². The average Bonchev–Trinajstić information content (AvgIpc) is 2.44. The Morgan fingerprint density at radius 3 is 1.44 bits per heavy atom. The number of hydrogen-bond acceptors (Lipinski definition) is 2. The summed E-state index contributed by atoms with van der Waals surface area (Å²) in [6.07, 6.45) is 2.19. The van der Waals surface area contributed by atoms with Crippen LogP contribution in [0, 0.1) is 0 Å². The summed E-state index contributed by atoms with van der Waals surface area (Å²) in [5, 5.41) is 0. The highest BCUT2D eigenvalue weighted by molar-refractivity contribution is 5.54. The van der Waals surface area contributed by atoms with Crippen molar-refractivity contribution in [1.82, 2.24) is 0 Å². The number of benzene rings is 2. The van der Waals surface area contributed by atoms with E-state index in [1.807, 2.05) is 66.7 Å². The minimum absolute atomic E-state index is 0.529. The molecule has 0 amide bonds. The second-order valence-corrected chi connectivity index (χ2v) is 3.25. The summed E-state index contributed by atoms with van der Waals surface area (Å²) < 4.78 is 0. The number of aldehydes is 2. The maximum absolute atomic E-state index is 9.97. The van der Waals surface area contributed by atoms with Crippen LogP contribution in [0.1, 0.15) is 12.5 Å². The van der Waals surface area contributed by atoms with E-state index in [4.69, 9.17) is 4.79 Å². The van der Waals surface area contributed by atoms with E-state index >= 15 is 0 Å². The van der Waals surface area contributed by atoms with Gasteiger partial charge in [0.1, 0.15) is 12.6 Å². The molecule has 2 nitrogen and oxygen atoms in total. The molecule has 2 rings (SSSR count). The fraction of sp³-hybridized carbons (Fsp3) is 0.125. The van der Waals surface area contributed by atoms with Gasteiger partial charge in [-0.3, -0.25) is 0 Å². The first kappa shape index (κ1) is 15.8. The fourth-order valence-corrected chi connectivity index (χ4v) is 1.10. The van der Waals surface area contributed by atoms with Crippen LogP contribution in [0.2, 0.25) is 0 Å². The molecule has 0 spiro atoms. The van der Waals surface area contributed by atoms with Crippen molar-refractivity contribution in [2.24, 2.45) is 0 Å². The van der Waals surface area contributed by atoms with Gasteiger partial charge in [-0.2, -0.15) is 0 Å². The minimum atomic E-state index is 0.529. The highest BCUT2D eigenvalue weighted by Crippen LogP contribution is 1.96. The highest BCUT2D eigenvalue weighted by atomic mass is 16.1. The lowest BCUT2D eigenvalue weighted by Crippen LogP contribution is -1.82. The van der Waals surface area contributed by atoms with Crippen LogP contribution >= 0.6 is 0 Å². The smallest absolute Gasteiger partial charge is 0.124 e. The molecule has 2 aromatic carbocycles. The number of carbonyl (C=O) groups excluding carboxylic acids is 2. The van der Waals surface area contributed by atoms with E-state index < -0.39 is 0 Å². The topological polar surface area (TPSA) is 34.1 Å². The molecule has 0 atom stereocenters. The predicted octanol–water partition coefficient (Wildman–Crippen LogP) is 3.32. The molecule has 0 saturated carbocycles. The maximum Gasteiger partial charge on any atom is 0.124 e. The third-order valence-electron chi connectivity index (χ3n) is 1.83. The van der Waals surface area contributed by atoms with E-state index in [9.17, 15) is 4.79 Å². The van der Waals surface area contributed by atoms with E-state index in [1.165, 1.54) is 6.92 Å². The Morgan fingerprint density at radius 1 is 0.778 bits per heavy atom. The first-order valence-corrected chi connectivity index (χ1v) is 5.72. The van der Waals surface area contributed by atoms with Gasteiger partial charge in [-0.25, -0.2) is 0 Å². The van der Waals surface area contributed by atoms with Crippen molar-refractivity contribution in [2.75, 3.05) is 0 Å². The molecule has 0 radical (unpaired) electrons. The normalized spacial score (nSPS) is 7.83. The lowest BCUT2D eigenvalue weighted by atomic mass is 10.2. The summed E-state index contributed by atoms with van der Waals surface area (Å²) in [6.45, 7) is 1.44. The first-order chi connectivity index (χ1) is 8.85. The second kappa shape index (κ2) is 12.8. The van der Waals surface area contributed by atoms with Crippen molar-refractivity contribution in [3.05, 3.63) is 72.3 Å². The molecule has 0 aliphatic rings. The van der Waals surface area contributed by atoms with Crippen molar-refractivity contribution in [2.45, 2.75) is 13.3 Å². The molecule has 0 heterocycles. The molecule has 0 aliphatic carbocycles. The zero-order valence-electron chi connectivity index (χ0n) is 10.5. The van der Waals surface area contributed by atoms with Crippen LogP contribution in [-0.4, -0.2) is 12.6 Å². The zero-order chi connectivity index (χ0) is 13.5. The van der Waals surface area contributed by atoms with E-state index in [1.54, 1.807) is 0 Å². The summed E-state index contributed by atoms with van der Waals surface area (Å²) in [7, 11) is 0. The third-order valence-corrected chi connectivity index (χ3v) is 1.83. The molecule has 18 heavy (non-hydrogen) atoms. The Hall–Kier alpha value is -2.22. The minimum Gasteiger partial charge on any atom is -0.304 e. The number of carbonyl (C=O) groups is 2. The van der Waals surface area contributed by atoms with Crippen LogP contribution in [0.5, 0.6) is 0 Å². The molecule has 0 saturated heterocycles. The zero-order valence-corrected chi connectivity index (χ0v) is 10.5. The van der Waals surface area contributed by atoms with Gasteiger partial charge in [-0.05, 0) is 12.5 Å². The summed E-state index contributed by atoms with van der Waals surface area (Å²) in [6, 6.07) is 21.7. The Kier molecular flexibility index (Phi) is 11.3. The van der Waals surface area contributed by atoms with Gasteiger partial charge in [-0.15, -0.1) is 0 Å². The molecule has 94 valence electrons. The quantitative estimate of drug-likeness (QED) is 0.757. The summed E-state index contributed by atoms with van der Waals surface area (Å²) in [5.74, 6) is 0. The second-order valence-electron chi connectivity index (χ2n) is 3.25. The Balaban J connectivity index is 0.000000278. The van der Waals surface area contributed by atoms with E-state index in [-0.39, 0.29) is 0 Å². The molecule has 0 unspecified atom stereocenters. The van der Waals surface area contributed by atoms with Gasteiger partial charge in [0.25, 0.3) is 0 Å². The monoisotopic (exact) mass is 242 g/mol. The molecular weight excluding hydrogens is 224 g/mol. The Morgan fingerprint density at radius 2 is 1.11 bits per heavy atom. The van der Waals surface area contributed by atoms with Crippen LogP contribution in [0.25, 0.3) is 0 Å². The van der Waals surface area contributed by atoms with Gasteiger partial charge in [0.05, 0.1) is 0 Å². The lowest BCUT2D eigenvalue weighted by Gasteiger charge is -1.89. The predicted molar refractivity (Wildman–Crippen MR) is 74.4 cm³/mol. The average molecular weight is 242 g/mol. The standard InChI is InChI=1S/C8H8O.C6H6.C2H4O/c9-7-6-8-4-2-1-3-5-8;1-2-4-6-5-3-1;1-2-3/h1-5,7H,6H2;1-6H;2H,1H3. The van der Waals surface area contributed by atoms with Gasteiger partial charge in [0.2, 0.25) is 0 Å². The van der Waals surface area contributed by atoms with E-state index in [0.29, 0.717) is 6.42 Å². The largest absolute Gasteiger partial charge is 0.304 e. The lowest BCUT2D eigenvalue weighted by molar-refractivity contribution is -0.107. The van der Waals surface area contributed by atoms with Crippen LogP contribution in [0.3, 0.4) is 0 Å². The summed E-state index contributed by atoms with van der Waals surface area (Å²) >= 11 is 0. The van der Waals surface area contributed by atoms with E-state index in [2.05, 4.69) is 0 Å². The van der Waals surface area contributed by atoms with Crippen molar-refractivity contribution in [1.29, 1.82) is 0 Å². The Bertz CT molecular complexity index is 369. The van der Waals surface area contributed by atoms with Crippen LogP contribution < -0.4 is 0 Å². The molecule has 2 heteroatoms. The third kappa shape index (κ3) is 10.3. The molecule has 0 bridgehead atoms. The van der Waals surface area contributed by atoms with Gasteiger partial charge in [-0.1, -0.05) is 66.7 Å². The summed E-state index contributed by atoms with van der Waals surface area (Å²) in [4.78, 5) is 18.8. The van der Waals surface area contributed by atoms with Crippen molar-refractivity contribution >= 4 is 12.6 Å². The molecule has 0 aromatic heterocycles. The van der Waals surface area contributed by atoms with Crippen LogP contribution in [0.15, 0.2) is 66.7 Å². The number of hydrogen-bond donors (Lipinski definition) is 0. The van der Waals surface area contributed by atoms with Crippen LogP contribution in [0.4, 0.5) is 0 Å². The van der Waals surface area contributed by atoms with Crippen molar-refractivity contribution in [3.8, 4) is 0 Å². The molecule has 0 N–H and O–H groups in total. The summed E-state index contributed by atoms with van der Waals surface area (Å²) in [5.41, 5.74) is 1.08. The molecule has 0 aliphatic heterocycles. The van der Waals surface area contributed by atoms with Crippen molar-refractivity contribution in [3.63, 3.8) is 0 Å². The SMILES string of the molecule is CC=O.O=CCc1ccccc1.c1ccccc1. The van der Waals surface area contributed by atoms with Gasteiger partial charge in [0.15, 0.2) is 0 Å². The first-order valence-electron chi connectivity index (χ1n) is 5.72. The molecular formula is C16H18O2. The highest BCUT2D eigenvalue weighted by Gasteiger charge is 1.84. The van der Waals surface area contributed by atoms with Gasteiger partial charge >= 0.3 is 0 Å². The van der Waals surface area contributed by atoms with Crippen molar-refractivity contribution < 1.29 is 9.59 Å². The number of rotatable bonds is 2.